The van der Waals surface area contributed by atoms with Gasteiger partial charge in [-0.25, -0.2) is 4.52 Å². The highest BCUT2D eigenvalue weighted by atomic mass is 35.5. The van der Waals surface area contributed by atoms with Crippen LogP contribution in [0, 0.1) is 13.8 Å². The molecule has 0 unspecified atom stereocenters. The highest BCUT2D eigenvalue weighted by molar-refractivity contribution is 6.33. The molecule has 1 aromatic carbocycles. The minimum Gasteiger partial charge on any atom is -0.292 e. The van der Waals surface area contributed by atoms with Gasteiger partial charge in [-0.2, -0.15) is 0 Å². The molecule has 4 nitrogen and oxygen atoms in total. The Morgan fingerprint density at radius 1 is 1.20 bits per heavy atom. The molecule has 132 valence electrons. The van der Waals surface area contributed by atoms with Crippen molar-refractivity contribution in [2.24, 2.45) is 7.05 Å². The molecule has 2 heterocycles. The zero-order valence-electron chi connectivity index (χ0n) is 15.4. The van der Waals surface area contributed by atoms with Crippen molar-refractivity contribution in [2.45, 2.75) is 46.5 Å². The Morgan fingerprint density at radius 2 is 1.88 bits per heavy atom. The van der Waals surface area contributed by atoms with E-state index in [0.717, 1.165) is 35.2 Å². The van der Waals surface area contributed by atoms with Crippen LogP contribution >= 0.6 is 11.6 Å². The van der Waals surface area contributed by atoms with Crippen LogP contribution in [0.5, 0.6) is 0 Å². The lowest BCUT2D eigenvalue weighted by atomic mass is 9.95. The maximum absolute atomic E-state index is 13.2. The number of fused-ring (bicyclic) bond motifs is 1. The van der Waals surface area contributed by atoms with Crippen molar-refractivity contribution in [1.82, 2.24) is 14.2 Å². The van der Waals surface area contributed by atoms with Gasteiger partial charge in [0.2, 0.25) is 0 Å². The first kappa shape index (κ1) is 17.7. The van der Waals surface area contributed by atoms with Gasteiger partial charge >= 0.3 is 0 Å². The number of halogens is 1. The molecule has 0 aliphatic heterocycles. The summed E-state index contributed by atoms with van der Waals surface area (Å²) in [5.74, 6) is 0.960. The summed E-state index contributed by atoms with van der Waals surface area (Å²) in [7, 11) is 1.77. The van der Waals surface area contributed by atoms with E-state index in [1.165, 1.54) is 0 Å². The lowest BCUT2D eigenvalue weighted by molar-refractivity contribution is 0.644. The van der Waals surface area contributed by atoms with E-state index in [0.29, 0.717) is 22.3 Å². The van der Waals surface area contributed by atoms with Crippen molar-refractivity contribution in [1.29, 1.82) is 0 Å². The van der Waals surface area contributed by atoms with E-state index in [2.05, 4.69) is 19.9 Å². The van der Waals surface area contributed by atoms with E-state index in [9.17, 15) is 4.79 Å². The molecule has 0 saturated carbocycles. The Hall–Kier alpha value is -2.07. The van der Waals surface area contributed by atoms with E-state index in [4.69, 9.17) is 16.7 Å². The third-order valence-corrected chi connectivity index (χ3v) is 5.39. The molecule has 0 atom stereocenters. The van der Waals surface area contributed by atoms with Crippen LogP contribution in [0.4, 0.5) is 0 Å². The second-order valence-electron chi connectivity index (χ2n) is 6.63. The number of hydrogen-bond acceptors (Lipinski definition) is 2. The zero-order valence-corrected chi connectivity index (χ0v) is 16.2. The molecule has 0 spiro atoms. The number of aryl methyl sites for hydroxylation is 2. The van der Waals surface area contributed by atoms with E-state index in [-0.39, 0.29) is 5.56 Å². The maximum Gasteiger partial charge on any atom is 0.278 e. The second kappa shape index (κ2) is 6.68. The summed E-state index contributed by atoms with van der Waals surface area (Å²) in [6, 6.07) is 7.82. The molecule has 3 aromatic rings. The highest BCUT2D eigenvalue weighted by Crippen LogP contribution is 2.31. The third-order valence-electron chi connectivity index (χ3n) is 5.07. The molecule has 3 rings (SSSR count). The van der Waals surface area contributed by atoms with Crippen LogP contribution in [0.1, 0.15) is 49.4 Å². The largest absolute Gasteiger partial charge is 0.292 e. The van der Waals surface area contributed by atoms with Crippen LogP contribution in [0.3, 0.4) is 0 Å². The Morgan fingerprint density at radius 3 is 2.48 bits per heavy atom. The van der Waals surface area contributed by atoms with Crippen LogP contribution in [0.25, 0.3) is 16.9 Å². The average molecular weight is 358 g/mol. The Bertz CT molecular complexity index is 976. The normalized spacial score (nSPS) is 11.6. The maximum atomic E-state index is 13.2. The van der Waals surface area contributed by atoms with Crippen molar-refractivity contribution >= 4 is 17.1 Å². The first-order valence-corrected chi connectivity index (χ1v) is 9.13. The topological polar surface area (TPSA) is 39.3 Å². The summed E-state index contributed by atoms with van der Waals surface area (Å²) in [6.07, 6.45) is 2.01. The number of benzene rings is 1. The summed E-state index contributed by atoms with van der Waals surface area (Å²) >= 11 is 6.42. The number of nitrogens with zero attached hydrogens (tertiary/aromatic N) is 3. The van der Waals surface area contributed by atoms with Gasteiger partial charge in [-0.15, -0.1) is 5.10 Å². The monoisotopic (exact) mass is 357 g/mol. The molecule has 0 saturated heterocycles. The van der Waals surface area contributed by atoms with Crippen LogP contribution in [0.15, 0.2) is 29.1 Å². The third kappa shape index (κ3) is 2.78. The van der Waals surface area contributed by atoms with Gasteiger partial charge < -0.3 is 0 Å². The van der Waals surface area contributed by atoms with Crippen LogP contribution in [0.2, 0.25) is 5.02 Å². The Balaban J connectivity index is 2.38. The van der Waals surface area contributed by atoms with Crippen molar-refractivity contribution in [3.8, 4) is 11.4 Å². The molecule has 5 heteroatoms. The summed E-state index contributed by atoms with van der Waals surface area (Å²) < 4.78 is 3.41. The minimum atomic E-state index is -0.0284. The molecule has 0 aliphatic rings. The lowest BCUT2D eigenvalue weighted by Crippen LogP contribution is -2.24. The average Bonchev–Trinajstić information content (AvgIpc) is 2.90. The molecule has 2 aromatic heterocycles. The van der Waals surface area contributed by atoms with Gasteiger partial charge in [-0.1, -0.05) is 37.6 Å². The molecule has 0 amide bonds. The fraction of sp³-hybridized carbons (Fsp3) is 0.400. The van der Waals surface area contributed by atoms with Gasteiger partial charge in [0.05, 0.1) is 5.02 Å². The molecule has 0 N–H and O–H groups in total. The second-order valence-corrected chi connectivity index (χ2v) is 7.04. The van der Waals surface area contributed by atoms with Crippen LogP contribution < -0.4 is 5.56 Å². The summed E-state index contributed by atoms with van der Waals surface area (Å²) in [6.45, 7) is 8.29. The first-order valence-electron chi connectivity index (χ1n) is 8.75. The van der Waals surface area contributed by atoms with Crippen molar-refractivity contribution in [2.75, 3.05) is 0 Å². The SMILES string of the molecule is CCC(CC)c1cc(C)n2nc(-c3c(C)cccc3Cl)n(C)c(=O)c12. The molecular formula is C20H24ClN3O. The fourth-order valence-electron chi connectivity index (χ4n) is 3.59. The van der Waals surface area contributed by atoms with Crippen molar-refractivity contribution < 1.29 is 0 Å². The molecule has 25 heavy (non-hydrogen) atoms. The highest BCUT2D eigenvalue weighted by Gasteiger charge is 2.21. The fourth-order valence-corrected chi connectivity index (χ4v) is 3.89. The van der Waals surface area contributed by atoms with Crippen LogP contribution in [-0.2, 0) is 7.05 Å². The quantitative estimate of drug-likeness (QED) is 0.668. The molecule has 0 aliphatic carbocycles. The van der Waals surface area contributed by atoms with Gasteiger partial charge in [-0.3, -0.25) is 9.36 Å². The summed E-state index contributed by atoms with van der Waals surface area (Å²) in [4.78, 5) is 13.2. The Labute approximate surface area is 153 Å². The molecule has 0 fully saturated rings. The summed E-state index contributed by atoms with van der Waals surface area (Å²) in [5, 5.41) is 5.40. The first-order chi connectivity index (χ1) is 11.9. The minimum absolute atomic E-state index is 0.0284. The molecular weight excluding hydrogens is 334 g/mol. The van der Waals surface area contributed by atoms with Gasteiger partial charge in [0.15, 0.2) is 5.82 Å². The van der Waals surface area contributed by atoms with Gasteiger partial charge in [0, 0.05) is 18.3 Å². The van der Waals surface area contributed by atoms with Crippen molar-refractivity contribution in [3.05, 3.63) is 56.5 Å². The smallest absolute Gasteiger partial charge is 0.278 e. The number of rotatable bonds is 4. The lowest BCUT2D eigenvalue weighted by Gasteiger charge is -2.15. The number of aromatic nitrogens is 3. The van der Waals surface area contributed by atoms with E-state index in [1.54, 1.807) is 16.1 Å². The Kier molecular flexibility index (Phi) is 4.74. The predicted octanol–water partition coefficient (Wildman–Crippen LogP) is 4.87. The van der Waals surface area contributed by atoms with Gasteiger partial charge in [0.1, 0.15) is 5.52 Å². The standard InChI is InChI=1S/C20H24ClN3O/c1-6-14(7-2)15-11-13(4)24-18(15)20(25)23(5)19(22-24)17-12(3)9-8-10-16(17)21/h8-11,14H,6-7H2,1-5H3. The zero-order chi connectivity index (χ0) is 18.3. The predicted molar refractivity (Wildman–Crippen MR) is 104 cm³/mol. The van der Waals surface area contributed by atoms with Crippen molar-refractivity contribution in [3.63, 3.8) is 0 Å². The van der Waals surface area contributed by atoms with Gasteiger partial charge in [0.25, 0.3) is 5.56 Å². The van der Waals surface area contributed by atoms with Crippen LogP contribution in [-0.4, -0.2) is 14.2 Å². The van der Waals surface area contributed by atoms with E-state index < -0.39 is 0 Å². The van der Waals surface area contributed by atoms with E-state index in [1.807, 2.05) is 32.0 Å². The number of hydrogen-bond donors (Lipinski definition) is 0. The summed E-state index contributed by atoms with van der Waals surface area (Å²) in [5.41, 5.74) is 4.53. The van der Waals surface area contributed by atoms with E-state index >= 15 is 0 Å². The van der Waals surface area contributed by atoms with Gasteiger partial charge in [-0.05, 0) is 55.9 Å². The molecule has 0 radical (unpaired) electrons. The molecule has 0 bridgehead atoms.